The minimum absolute atomic E-state index is 0.0121. The molecule has 4 rings (SSSR count). The van der Waals surface area contributed by atoms with Gasteiger partial charge in [-0.15, -0.1) is 0 Å². The van der Waals surface area contributed by atoms with Crippen molar-refractivity contribution in [1.82, 2.24) is 4.57 Å². The van der Waals surface area contributed by atoms with E-state index >= 15 is 0 Å². The lowest BCUT2D eigenvalue weighted by atomic mass is 10.1. The molecule has 162 valence electrons. The Morgan fingerprint density at radius 2 is 1.84 bits per heavy atom. The van der Waals surface area contributed by atoms with Crippen LogP contribution in [0.1, 0.15) is 84.4 Å². The zero-order valence-corrected chi connectivity index (χ0v) is 19.0. The van der Waals surface area contributed by atoms with Crippen LogP contribution in [-0.4, -0.2) is 10.5 Å². The summed E-state index contributed by atoms with van der Waals surface area (Å²) >= 11 is 0. The fraction of sp³-hybridized carbons (Fsp3) is 0.393. The molecule has 3 aromatic rings. The molecule has 3 heteroatoms. The number of nitrogens with one attached hydrogen (secondary N) is 1. The maximum absolute atomic E-state index is 13.2. The van der Waals surface area contributed by atoms with Gasteiger partial charge in [0.05, 0.1) is 0 Å². The quantitative estimate of drug-likeness (QED) is 0.399. The third kappa shape index (κ3) is 5.28. The van der Waals surface area contributed by atoms with E-state index in [9.17, 15) is 4.79 Å². The molecule has 1 aromatic heterocycles. The minimum atomic E-state index is -0.0121. The van der Waals surface area contributed by atoms with E-state index < -0.39 is 0 Å². The third-order valence-electron chi connectivity index (χ3n) is 6.41. The van der Waals surface area contributed by atoms with Crippen molar-refractivity contribution in [2.45, 2.75) is 71.3 Å². The van der Waals surface area contributed by atoms with E-state index in [1.165, 1.54) is 35.2 Å². The molecule has 0 radical (unpaired) electrons. The number of hydrogen-bond donors (Lipinski definition) is 1. The molecule has 1 N–H and O–H groups in total. The van der Waals surface area contributed by atoms with Crippen molar-refractivity contribution in [3.05, 3.63) is 88.7 Å². The number of aryl methyl sites for hydroxylation is 3. The van der Waals surface area contributed by atoms with Gasteiger partial charge in [0.2, 0.25) is 0 Å². The summed E-state index contributed by atoms with van der Waals surface area (Å²) < 4.78 is 2.25. The molecule has 0 unspecified atom stereocenters. The zero-order chi connectivity index (χ0) is 21.8. The number of anilines is 1. The molecule has 1 saturated carbocycles. The van der Waals surface area contributed by atoms with Crippen molar-refractivity contribution in [1.29, 1.82) is 0 Å². The van der Waals surface area contributed by atoms with E-state index in [0.717, 1.165) is 37.1 Å². The van der Waals surface area contributed by atoms with Crippen LogP contribution in [0.15, 0.2) is 60.7 Å². The second-order valence-corrected chi connectivity index (χ2v) is 9.04. The number of hydrogen-bond acceptors (Lipinski definition) is 1. The predicted octanol–water partition coefficient (Wildman–Crippen LogP) is 7.07. The van der Waals surface area contributed by atoms with Crippen LogP contribution in [0.5, 0.6) is 0 Å². The Balaban J connectivity index is 1.50. The van der Waals surface area contributed by atoms with Crippen LogP contribution < -0.4 is 5.32 Å². The summed E-state index contributed by atoms with van der Waals surface area (Å²) in [6.45, 7) is 6.49. The van der Waals surface area contributed by atoms with Crippen LogP contribution >= 0.6 is 0 Å². The SMILES string of the molecule is CC[C@H](C)n1c(CCCc2ccccc2)ccc1C(=O)Nc1cc(C)cc(C2CC2)c1. The molecule has 1 heterocycles. The van der Waals surface area contributed by atoms with Gasteiger partial charge in [-0.3, -0.25) is 4.79 Å². The van der Waals surface area contributed by atoms with Gasteiger partial charge in [-0.1, -0.05) is 43.3 Å². The summed E-state index contributed by atoms with van der Waals surface area (Å²) in [5, 5.41) is 3.18. The smallest absolute Gasteiger partial charge is 0.272 e. The average molecular weight is 415 g/mol. The largest absolute Gasteiger partial charge is 0.338 e. The summed E-state index contributed by atoms with van der Waals surface area (Å²) in [5.74, 6) is 0.665. The summed E-state index contributed by atoms with van der Waals surface area (Å²) in [6.07, 6.45) is 6.63. The number of aromatic nitrogens is 1. The van der Waals surface area contributed by atoms with Crippen LogP contribution in [0.2, 0.25) is 0 Å². The fourth-order valence-electron chi connectivity index (χ4n) is 4.43. The molecule has 1 atom stereocenters. The molecule has 1 fully saturated rings. The van der Waals surface area contributed by atoms with E-state index in [-0.39, 0.29) is 5.91 Å². The molecule has 31 heavy (non-hydrogen) atoms. The molecule has 1 aliphatic rings. The van der Waals surface area contributed by atoms with Crippen LogP contribution in [0.3, 0.4) is 0 Å². The first-order valence-electron chi connectivity index (χ1n) is 11.7. The number of nitrogens with zero attached hydrogens (tertiary/aromatic N) is 1. The van der Waals surface area contributed by atoms with Gasteiger partial charge in [-0.05, 0) is 99.2 Å². The topological polar surface area (TPSA) is 34.0 Å². The predicted molar refractivity (Wildman–Crippen MR) is 129 cm³/mol. The maximum atomic E-state index is 13.2. The van der Waals surface area contributed by atoms with Gasteiger partial charge >= 0.3 is 0 Å². The van der Waals surface area contributed by atoms with Crippen molar-refractivity contribution in [3.8, 4) is 0 Å². The molecule has 3 nitrogen and oxygen atoms in total. The van der Waals surface area contributed by atoms with E-state index in [0.29, 0.717) is 12.0 Å². The highest BCUT2D eigenvalue weighted by molar-refractivity contribution is 6.03. The Morgan fingerprint density at radius 3 is 2.55 bits per heavy atom. The zero-order valence-electron chi connectivity index (χ0n) is 19.0. The first-order valence-corrected chi connectivity index (χ1v) is 11.7. The van der Waals surface area contributed by atoms with Gasteiger partial charge in [0, 0.05) is 17.4 Å². The Kier molecular flexibility index (Phi) is 6.60. The van der Waals surface area contributed by atoms with Crippen LogP contribution in [0, 0.1) is 6.92 Å². The van der Waals surface area contributed by atoms with Crippen LogP contribution in [0.4, 0.5) is 5.69 Å². The van der Waals surface area contributed by atoms with Crippen molar-refractivity contribution in [2.75, 3.05) is 5.32 Å². The molecule has 0 saturated heterocycles. The lowest BCUT2D eigenvalue weighted by molar-refractivity contribution is 0.101. The second kappa shape index (κ2) is 9.55. The molecule has 1 aliphatic carbocycles. The molecule has 0 aliphatic heterocycles. The van der Waals surface area contributed by atoms with Crippen molar-refractivity contribution < 1.29 is 4.79 Å². The van der Waals surface area contributed by atoms with Crippen molar-refractivity contribution in [2.24, 2.45) is 0 Å². The normalized spacial score (nSPS) is 14.4. The Bertz CT molecular complexity index is 1030. The number of amides is 1. The van der Waals surface area contributed by atoms with E-state index in [2.05, 4.69) is 85.3 Å². The average Bonchev–Trinajstić information content (AvgIpc) is 3.53. The molecule has 0 spiro atoms. The van der Waals surface area contributed by atoms with Crippen LogP contribution in [-0.2, 0) is 12.8 Å². The number of rotatable bonds is 9. The standard InChI is InChI=1S/C28H34N2O/c1-4-21(3)30-26(12-8-11-22-9-6-5-7-10-22)15-16-27(30)28(31)29-25-18-20(2)17-24(19-25)23-13-14-23/h5-7,9-10,15-19,21,23H,4,8,11-14H2,1-3H3,(H,29,31)/t21-/m0/s1. The maximum Gasteiger partial charge on any atom is 0.272 e. The molecule has 0 bridgehead atoms. The van der Waals surface area contributed by atoms with Gasteiger partial charge in [0.25, 0.3) is 5.91 Å². The van der Waals surface area contributed by atoms with Crippen molar-refractivity contribution in [3.63, 3.8) is 0 Å². The number of carbonyl (C=O) groups is 1. The van der Waals surface area contributed by atoms with Crippen LogP contribution in [0.25, 0.3) is 0 Å². The number of benzene rings is 2. The molecule has 1 amide bonds. The highest BCUT2D eigenvalue weighted by Gasteiger charge is 2.24. The second-order valence-electron chi connectivity index (χ2n) is 9.04. The van der Waals surface area contributed by atoms with Crippen molar-refractivity contribution >= 4 is 11.6 Å². The lowest BCUT2D eigenvalue weighted by Gasteiger charge is -2.20. The first kappa shape index (κ1) is 21.4. The van der Waals surface area contributed by atoms with Gasteiger partial charge in [-0.2, -0.15) is 0 Å². The van der Waals surface area contributed by atoms with Gasteiger partial charge in [0.15, 0.2) is 0 Å². The summed E-state index contributed by atoms with van der Waals surface area (Å²) in [6, 6.07) is 21.5. The van der Waals surface area contributed by atoms with E-state index in [1.807, 2.05) is 6.07 Å². The van der Waals surface area contributed by atoms with E-state index in [4.69, 9.17) is 0 Å². The molecular formula is C28H34N2O. The highest BCUT2D eigenvalue weighted by Crippen LogP contribution is 2.41. The fourth-order valence-corrected chi connectivity index (χ4v) is 4.43. The third-order valence-corrected chi connectivity index (χ3v) is 6.41. The highest BCUT2D eigenvalue weighted by atomic mass is 16.1. The Morgan fingerprint density at radius 1 is 1.06 bits per heavy atom. The monoisotopic (exact) mass is 414 g/mol. The lowest BCUT2D eigenvalue weighted by Crippen LogP contribution is -2.20. The van der Waals surface area contributed by atoms with Gasteiger partial charge < -0.3 is 9.88 Å². The summed E-state index contributed by atoms with van der Waals surface area (Å²) in [5.41, 5.74) is 6.85. The molecular weight excluding hydrogens is 380 g/mol. The first-order chi connectivity index (χ1) is 15.0. The van der Waals surface area contributed by atoms with Gasteiger partial charge in [0.1, 0.15) is 5.69 Å². The summed E-state index contributed by atoms with van der Waals surface area (Å²) in [4.78, 5) is 13.2. The van der Waals surface area contributed by atoms with Gasteiger partial charge in [-0.25, -0.2) is 0 Å². The summed E-state index contributed by atoms with van der Waals surface area (Å²) in [7, 11) is 0. The molecule has 2 aromatic carbocycles. The minimum Gasteiger partial charge on any atom is -0.338 e. The number of carbonyl (C=O) groups excluding carboxylic acids is 1. The Labute approximate surface area is 186 Å². The van der Waals surface area contributed by atoms with E-state index in [1.54, 1.807) is 0 Å². The Hall–Kier alpha value is -2.81.